The van der Waals surface area contributed by atoms with Gasteiger partial charge in [0, 0.05) is 5.88 Å². The van der Waals surface area contributed by atoms with E-state index in [0.29, 0.717) is 0 Å². The molecule has 0 saturated carbocycles. The number of hydrogen-bond donors (Lipinski definition) is 3. The van der Waals surface area contributed by atoms with Crippen LogP contribution in [-0.2, 0) is 18.3 Å². The van der Waals surface area contributed by atoms with Gasteiger partial charge in [0.05, 0.1) is 12.9 Å². The van der Waals surface area contributed by atoms with Gasteiger partial charge in [0.1, 0.15) is 23.8 Å². The Morgan fingerprint density at radius 1 is 1.38 bits per heavy atom. The molecule has 4 rings (SSSR count). The summed E-state index contributed by atoms with van der Waals surface area (Å²) < 4.78 is 28.5. The first kappa shape index (κ1) is 18.0. The molecule has 1 unspecified atom stereocenters. The zero-order chi connectivity index (χ0) is 16.4. The predicted octanol–water partition coefficient (Wildman–Crippen LogP) is -4.74. The molecule has 24 heavy (non-hydrogen) atoms. The number of anilines is 1. The number of ether oxygens (including phenoxy) is 1. The minimum atomic E-state index is -4.23. The molecule has 4 heterocycles. The first-order chi connectivity index (χ1) is 10.9. The number of nitrogens with zero attached hydrogens (tertiary/aromatic N) is 4. The van der Waals surface area contributed by atoms with E-state index >= 15 is 0 Å². The van der Waals surface area contributed by atoms with E-state index in [9.17, 15) is 19.7 Å². The second kappa shape index (κ2) is 6.16. The van der Waals surface area contributed by atoms with Crippen LogP contribution in [-0.4, -0.2) is 54.4 Å². The summed E-state index contributed by atoms with van der Waals surface area (Å²) in [4.78, 5) is 20.8. The molecule has 124 valence electrons. The van der Waals surface area contributed by atoms with Crippen molar-refractivity contribution >= 4 is 24.9 Å². The van der Waals surface area contributed by atoms with Crippen molar-refractivity contribution in [2.75, 3.05) is 12.3 Å². The van der Waals surface area contributed by atoms with E-state index in [1.54, 1.807) is 0 Å². The van der Waals surface area contributed by atoms with Gasteiger partial charge >= 0.3 is 37.4 Å². The van der Waals surface area contributed by atoms with Gasteiger partial charge in [-0.2, -0.15) is 4.98 Å². The van der Waals surface area contributed by atoms with Crippen molar-refractivity contribution in [2.24, 2.45) is 0 Å². The van der Waals surface area contributed by atoms with Crippen LogP contribution >= 0.6 is 7.82 Å². The number of hydrogen-bond acceptors (Lipinski definition) is 10. The van der Waals surface area contributed by atoms with Gasteiger partial charge in [-0.15, -0.1) is 0 Å². The number of phosphoric acid groups is 1. The molecule has 12 nitrogen and oxygen atoms in total. The maximum atomic E-state index is 11.8. The number of aliphatic hydroxyl groups is 1. The maximum absolute atomic E-state index is 11.8. The second-order valence-corrected chi connectivity index (χ2v) is 6.43. The predicted molar refractivity (Wildman–Crippen MR) is 69.7 cm³/mol. The quantitative estimate of drug-likeness (QED) is 0.343. The molecule has 5 atom stereocenters. The van der Waals surface area contributed by atoms with Gasteiger partial charge in [-0.1, -0.05) is 0 Å². The fourth-order valence-electron chi connectivity index (χ4n) is 2.74. The summed E-state index contributed by atoms with van der Waals surface area (Å²) in [6.45, 7) is -0.447. The monoisotopic (exact) mass is 367 g/mol. The summed E-state index contributed by atoms with van der Waals surface area (Å²) in [5.41, 5.74) is 5.53. The largest absolute Gasteiger partial charge is 1.00 e. The number of rotatable bonds is 2. The number of aromatic nitrogens is 4. The Hall–Kier alpha value is -0.820. The Kier molecular flexibility index (Phi) is 4.62. The number of aliphatic hydroxyl groups excluding tert-OH is 1. The third-order valence-corrected chi connectivity index (χ3v) is 4.68. The third kappa shape index (κ3) is 2.73. The average molecular weight is 367 g/mol. The minimum Gasteiger partial charge on any atom is -0.857 e. The van der Waals surface area contributed by atoms with Crippen molar-refractivity contribution in [3.05, 3.63) is 6.33 Å². The molecule has 0 radical (unpaired) electrons. The van der Waals surface area contributed by atoms with Crippen LogP contribution in [0, 0.1) is 0 Å². The fraction of sp³-hybridized carbons (Fsp3) is 0.500. The minimum absolute atomic E-state index is 0. The fourth-order valence-corrected chi connectivity index (χ4v) is 3.89. The van der Waals surface area contributed by atoms with Gasteiger partial charge in [0.15, 0.2) is 11.9 Å². The van der Waals surface area contributed by atoms with Crippen molar-refractivity contribution < 1.29 is 63.0 Å². The van der Waals surface area contributed by atoms with Gasteiger partial charge in [0.2, 0.25) is 5.95 Å². The van der Waals surface area contributed by atoms with Crippen LogP contribution in [0.2, 0.25) is 0 Å². The number of fused-ring (bicyclic) bond motifs is 2. The Balaban J connectivity index is 0.00000169. The molecular formula is C10H11N5NaO7P. The summed E-state index contributed by atoms with van der Waals surface area (Å²) in [6.07, 6.45) is -2.52. The van der Waals surface area contributed by atoms with E-state index in [-0.39, 0.29) is 46.7 Å². The Labute approximate surface area is 156 Å². The Morgan fingerprint density at radius 3 is 2.79 bits per heavy atom. The topological polar surface area (TPSA) is 178 Å². The Morgan fingerprint density at radius 2 is 2.08 bits per heavy atom. The van der Waals surface area contributed by atoms with Crippen LogP contribution in [0.4, 0.5) is 5.95 Å². The SMILES string of the molecule is Nc1nc([O-])c2ncn([C@@H]3O[C@H](CO)[C@H]4OP(=O)(O)O[C@H]43)c2n1.[Na+]. The van der Waals surface area contributed by atoms with E-state index in [4.69, 9.17) is 19.5 Å². The van der Waals surface area contributed by atoms with Crippen molar-refractivity contribution in [2.45, 2.75) is 24.5 Å². The van der Waals surface area contributed by atoms with Crippen LogP contribution in [0.25, 0.3) is 11.2 Å². The summed E-state index contributed by atoms with van der Waals surface area (Å²) in [5, 5.41) is 21.1. The molecule has 0 spiro atoms. The van der Waals surface area contributed by atoms with E-state index in [1.807, 2.05) is 0 Å². The van der Waals surface area contributed by atoms with Crippen molar-refractivity contribution in [1.29, 1.82) is 0 Å². The first-order valence-corrected chi connectivity index (χ1v) is 8.02. The Bertz CT molecular complexity index is 833. The number of nitrogen functional groups attached to an aromatic ring is 1. The zero-order valence-electron chi connectivity index (χ0n) is 12.3. The second-order valence-electron chi connectivity index (χ2n) is 5.07. The first-order valence-electron chi connectivity index (χ1n) is 6.52. The molecule has 2 aromatic heterocycles. The third-order valence-electron chi connectivity index (χ3n) is 3.66. The summed E-state index contributed by atoms with van der Waals surface area (Å²) in [7, 11) is -4.23. The standard InChI is InChI=1S/C10H12N5O7P.Na/c11-10-13-7-4(8(17)14-10)12-2-15(7)9-6-5(3(1-16)20-9)21-23(18,19)22-6;/h2-3,5-6,9,16H,1H2,(H,18,19)(H3,11,13,14,17);/q;+1/p-1/t3-,5-,6-,9-;/m1./s1. The van der Waals surface area contributed by atoms with Crippen molar-refractivity contribution in [3.63, 3.8) is 0 Å². The molecule has 0 bridgehead atoms. The molecule has 0 aliphatic carbocycles. The van der Waals surface area contributed by atoms with Gasteiger partial charge < -0.3 is 25.6 Å². The normalized spacial score (nSPS) is 35.1. The number of imidazole rings is 1. The van der Waals surface area contributed by atoms with E-state index < -0.39 is 44.8 Å². The molecule has 2 fully saturated rings. The molecule has 2 saturated heterocycles. The molecule has 14 heteroatoms. The molecule has 0 aromatic carbocycles. The smallest absolute Gasteiger partial charge is 0.857 e. The van der Waals surface area contributed by atoms with Crippen molar-refractivity contribution in [1.82, 2.24) is 19.5 Å². The van der Waals surface area contributed by atoms with E-state index in [1.165, 1.54) is 10.9 Å². The zero-order valence-corrected chi connectivity index (χ0v) is 15.2. The van der Waals surface area contributed by atoms with E-state index in [2.05, 4.69) is 15.0 Å². The number of phosphoric ester groups is 1. The van der Waals surface area contributed by atoms with Crippen LogP contribution in [0.5, 0.6) is 5.88 Å². The molecular weight excluding hydrogens is 356 g/mol. The molecule has 2 aliphatic heterocycles. The molecule has 2 aromatic rings. The van der Waals surface area contributed by atoms with Gasteiger partial charge in [0.25, 0.3) is 0 Å². The van der Waals surface area contributed by atoms with Crippen LogP contribution in [0.15, 0.2) is 6.33 Å². The van der Waals surface area contributed by atoms with Gasteiger partial charge in [-0.05, 0) is 0 Å². The summed E-state index contributed by atoms with van der Waals surface area (Å²) in [6, 6.07) is 0. The molecule has 4 N–H and O–H groups in total. The average Bonchev–Trinajstić information content (AvgIpc) is 3.09. The number of nitrogens with two attached hydrogens (primary N) is 1. The van der Waals surface area contributed by atoms with Gasteiger partial charge in [-0.25, -0.2) is 14.5 Å². The van der Waals surface area contributed by atoms with Crippen molar-refractivity contribution in [3.8, 4) is 5.88 Å². The van der Waals surface area contributed by atoms with Crippen LogP contribution in [0.1, 0.15) is 6.23 Å². The maximum Gasteiger partial charge on any atom is 1.00 e. The summed E-state index contributed by atoms with van der Waals surface area (Å²) >= 11 is 0. The van der Waals surface area contributed by atoms with Gasteiger partial charge in [-0.3, -0.25) is 13.6 Å². The van der Waals surface area contributed by atoms with E-state index in [0.717, 1.165) is 0 Å². The summed E-state index contributed by atoms with van der Waals surface area (Å²) in [5.74, 6) is -0.898. The molecule has 2 aliphatic rings. The van der Waals surface area contributed by atoms with Crippen LogP contribution < -0.4 is 40.4 Å². The molecule has 0 amide bonds. The van der Waals surface area contributed by atoms with Crippen LogP contribution in [0.3, 0.4) is 0 Å².